The molecular weight excluding hydrogens is 369 g/mol. The number of benzene rings is 2. The second-order valence-electron chi connectivity index (χ2n) is 4.68. The van der Waals surface area contributed by atoms with Gasteiger partial charge in [-0.1, -0.05) is 28.1 Å². The molecule has 2 N–H and O–H groups in total. The molecule has 0 spiro atoms. The third-order valence-electron chi connectivity index (χ3n) is 2.85. The number of carbonyl (C=O) groups excluding carboxylic acids is 2. The van der Waals surface area contributed by atoms with Crippen molar-refractivity contribution < 1.29 is 23.8 Å². The van der Waals surface area contributed by atoms with Crippen molar-refractivity contribution in [2.75, 3.05) is 11.9 Å². The minimum absolute atomic E-state index is 0.00721. The summed E-state index contributed by atoms with van der Waals surface area (Å²) in [6, 6.07) is 10.2. The highest BCUT2D eigenvalue weighted by atomic mass is 79.9. The molecule has 2 aromatic carbocycles. The third-order valence-corrected chi connectivity index (χ3v) is 3.35. The molecule has 0 aliphatic heterocycles. The van der Waals surface area contributed by atoms with Gasteiger partial charge in [0.15, 0.2) is 6.61 Å². The van der Waals surface area contributed by atoms with E-state index in [2.05, 4.69) is 21.2 Å². The molecule has 5 nitrogen and oxygen atoms in total. The van der Waals surface area contributed by atoms with Crippen LogP contribution in [0.15, 0.2) is 46.9 Å². The first-order valence-electron chi connectivity index (χ1n) is 6.62. The lowest BCUT2D eigenvalue weighted by atomic mass is 10.1. The fourth-order valence-electron chi connectivity index (χ4n) is 1.75. The molecule has 0 radical (unpaired) electrons. The number of carbonyl (C=O) groups is 2. The SMILES string of the molecule is O=C(COC(=O)Cc1ccc(O)cc1)Nc1ccc(Br)cc1F. The van der Waals surface area contributed by atoms with E-state index in [1.165, 1.54) is 24.3 Å². The number of phenolic OH excluding ortho intramolecular Hbond substituents is 1. The van der Waals surface area contributed by atoms with Crippen LogP contribution in [0.4, 0.5) is 10.1 Å². The molecule has 0 fully saturated rings. The van der Waals surface area contributed by atoms with Crippen LogP contribution in [0, 0.1) is 5.82 Å². The predicted octanol–water partition coefficient (Wildman–Crippen LogP) is 3.02. The topological polar surface area (TPSA) is 75.6 Å². The van der Waals surface area contributed by atoms with Crippen LogP contribution in [0.2, 0.25) is 0 Å². The number of halogens is 2. The maximum Gasteiger partial charge on any atom is 0.310 e. The van der Waals surface area contributed by atoms with Gasteiger partial charge in [-0.05, 0) is 35.9 Å². The average molecular weight is 382 g/mol. The summed E-state index contributed by atoms with van der Waals surface area (Å²) in [6.07, 6.45) is -0.0276. The molecule has 1 amide bonds. The van der Waals surface area contributed by atoms with Crippen LogP contribution in [0.5, 0.6) is 5.75 Å². The number of anilines is 1. The predicted molar refractivity (Wildman–Crippen MR) is 85.5 cm³/mol. The van der Waals surface area contributed by atoms with Crippen molar-refractivity contribution in [3.63, 3.8) is 0 Å². The van der Waals surface area contributed by atoms with Gasteiger partial charge < -0.3 is 15.2 Å². The maximum absolute atomic E-state index is 13.6. The Kier molecular flexibility index (Phi) is 5.70. The molecule has 0 heterocycles. The van der Waals surface area contributed by atoms with Crippen molar-refractivity contribution in [3.8, 4) is 5.75 Å². The lowest BCUT2D eigenvalue weighted by Crippen LogP contribution is -2.22. The number of amides is 1. The van der Waals surface area contributed by atoms with Crippen LogP contribution in [-0.4, -0.2) is 23.6 Å². The van der Waals surface area contributed by atoms with E-state index < -0.39 is 24.3 Å². The Morgan fingerprint density at radius 3 is 2.52 bits per heavy atom. The van der Waals surface area contributed by atoms with E-state index >= 15 is 0 Å². The molecule has 0 saturated carbocycles. The summed E-state index contributed by atoms with van der Waals surface area (Å²) in [5.74, 6) is -1.73. The van der Waals surface area contributed by atoms with Crippen LogP contribution < -0.4 is 5.32 Å². The van der Waals surface area contributed by atoms with Gasteiger partial charge in [-0.15, -0.1) is 0 Å². The number of hydrogen-bond acceptors (Lipinski definition) is 4. The first kappa shape index (κ1) is 17.0. The zero-order valence-corrected chi connectivity index (χ0v) is 13.5. The van der Waals surface area contributed by atoms with E-state index in [9.17, 15) is 14.0 Å². The fraction of sp³-hybridized carbons (Fsp3) is 0.125. The molecule has 0 aliphatic rings. The molecule has 0 atom stereocenters. The molecule has 2 aromatic rings. The minimum Gasteiger partial charge on any atom is -0.508 e. The van der Waals surface area contributed by atoms with Crippen molar-refractivity contribution in [3.05, 3.63) is 58.3 Å². The van der Waals surface area contributed by atoms with Crippen LogP contribution in [-0.2, 0) is 20.7 Å². The molecule has 23 heavy (non-hydrogen) atoms. The zero-order chi connectivity index (χ0) is 16.8. The number of aromatic hydroxyl groups is 1. The van der Waals surface area contributed by atoms with Crippen molar-refractivity contribution in [2.24, 2.45) is 0 Å². The highest BCUT2D eigenvalue weighted by Crippen LogP contribution is 2.19. The minimum atomic E-state index is -0.634. The fourth-order valence-corrected chi connectivity index (χ4v) is 2.09. The molecule has 0 aliphatic carbocycles. The van der Waals surface area contributed by atoms with Gasteiger partial charge >= 0.3 is 5.97 Å². The number of nitrogens with one attached hydrogen (secondary N) is 1. The van der Waals surface area contributed by atoms with E-state index in [0.29, 0.717) is 10.0 Å². The second kappa shape index (κ2) is 7.73. The van der Waals surface area contributed by atoms with E-state index in [0.717, 1.165) is 0 Å². The average Bonchev–Trinajstić information content (AvgIpc) is 2.50. The lowest BCUT2D eigenvalue weighted by molar-refractivity contribution is -0.146. The van der Waals surface area contributed by atoms with Gasteiger partial charge in [0.2, 0.25) is 0 Å². The van der Waals surface area contributed by atoms with E-state index in [1.807, 2.05) is 0 Å². The number of rotatable bonds is 5. The Labute approximate surface area is 140 Å². The van der Waals surface area contributed by atoms with Gasteiger partial charge in [0.25, 0.3) is 5.91 Å². The third kappa shape index (κ3) is 5.37. The number of phenols is 1. The molecule has 0 aromatic heterocycles. The summed E-state index contributed by atoms with van der Waals surface area (Å²) in [5, 5.41) is 11.5. The number of ether oxygens (including phenoxy) is 1. The van der Waals surface area contributed by atoms with Gasteiger partial charge in [0, 0.05) is 4.47 Å². The van der Waals surface area contributed by atoms with Crippen molar-refractivity contribution in [2.45, 2.75) is 6.42 Å². The van der Waals surface area contributed by atoms with Gasteiger partial charge in [-0.3, -0.25) is 9.59 Å². The van der Waals surface area contributed by atoms with Crippen LogP contribution in [0.25, 0.3) is 0 Å². The largest absolute Gasteiger partial charge is 0.508 e. The quantitative estimate of drug-likeness (QED) is 0.780. The number of esters is 1. The smallest absolute Gasteiger partial charge is 0.310 e. The Balaban J connectivity index is 1.81. The second-order valence-corrected chi connectivity index (χ2v) is 5.59. The molecule has 7 heteroatoms. The standard InChI is InChI=1S/C16H13BrFNO4/c17-11-3-6-14(13(18)8-11)19-15(21)9-23-16(22)7-10-1-4-12(20)5-2-10/h1-6,8,20H,7,9H2,(H,19,21). The summed E-state index contributed by atoms with van der Waals surface area (Å²) >= 11 is 3.11. The Morgan fingerprint density at radius 2 is 1.87 bits per heavy atom. The Hall–Kier alpha value is -2.41. The molecule has 120 valence electrons. The lowest BCUT2D eigenvalue weighted by Gasteiger charge is -2.08. The van der Waals surface area contributed by atoms with Crippen LogP contribution in [0.1, 0.15) is 5.56 Å². The first-order chi connectivity index (χ1) is 10.9. The first-order valence-corrected chi connectivity index (χ1v) is 7.42. The summed E-state index contributed by atoms with van der Waals surface area (Å²) in [7, 11) is 0. The molecule has 2 rings (SSSR count). The van der Waals surface area contributed by atoms with Crippen molar-refractivity contribution >= 4 is 33.5 Å². The van der Waals surface area contributed by atoms with Gasteiger partial charge in [0.1, 0.15) is 11.6 Å². The summed E-state index contributed by atoms with van der Waals surface area (Å²) < 4.78 is 18.9. The normalized spacial score (nSPS) is 10.2. The highest BCUT2D eigenvalue weighted by molar-refractivity contribution is 9.10. The summed E-state index contributed by atoms with van der Waals surface area (Å²) in [6.45, 7) is -0.508. The molecule has 0 unspecified atom stereocenters. The monoisotopic (exact) mass is 381 g/mol. The number of hydrogen-bond donors (Lipinski definition) is 2. The van der Waals surface area contributed by atoms with E-state index in [-0.39, 0.29) is 17.9 Å². The van der Waals surface area contributed by atoms with Gasteiger partial charge in [-0.25, -0.2) is 4.39 Å². The van der Waals surface area contributed by atoms with Gasteiger partial charge in [-0.2, -0.15) is 0 Å². The highest BCUT2D eigenvalue weighted by Gasteiger charge is 2.11. The summed E-state index contributed by atoms with van der Waals surface area (Å²) in [4.78, 5) is 23.3. The zero-order valence-electron chi connectivity index (χ0n) is 11.9. The van der Waals surface area contributed by atoms with Crippen LogP contribution in [0.3, 0.4) is 0 Å². The van der Waals surface area contributed by atoms with Crippen LogP contribution >= 0.6 is 15.9 Å². The molecule has 0 saturated heterocycles. The molecular formula is C16H13BrFNO4. The Morgan fingerprint density at radius 1 is 1.17 bits per heavy atom. The van der Waals surface area contributed by atoms with Crippen molar-refractivity contribution in [1.82, 2.24) is 0 Å². The Bertz CT molecular complexity index is 719. The van der Waals surface area contributed by atoms with E-state index in [4.69, 9.17) is 9.84 Å². The molecule has 0 bridgehead atoms. The maximum atomic E-state index is 13.6. The summed E-state index contributed by atoms with van der Waals surface area (Å²) in [5.41, 5.74) is 0.653. The van der Waals surface area contributed by atoms with Gasteiger partial charge in [0.05, 0.1) is 12.1 Å². The van der Waals surface area contributed by atoms with Crippen molar-refractivity contribution in [1.29, 1.82) is 0 Å². The van der Waals surface area contributed by atoms with E-state index in [1.54, 1.807) is 18.2 Å².